The van der Waals surface area contributed by atoms with E-state index < -0.39 is 0 Å². The second-order valence-corrected chi connectivity index (χ2v) is 6.27. The Morgan fingerprint density at radius 2 is 2.00 bits per heavy atom. The van der Waals surface area contributed by atoms with Gasteiger partial charge in [-0.3, -0.25) is 0 Å². The van der Waals surface area contributed by atoms with Crippen LogP contribution in [0.5, 0.6) is 0 Å². The van der Waals surface area contributed by atoms with Gasteiger partial charge in [-0.1, -0.05) is 49.3 Å². The fourth-order valence-electron chi connectivity index (χ4n) is 2.02. The van der Waals surface area contributed by atoms with Crippen LogP contribution in [0.2, 0.25) is 10.0 Å². The summed E-state index contributed by atoms with van der Waals surface area (Å²) in [4.78, 5) is 5.04. The number of thiocarbonyl (C=S) groups is 1. The van der Waals surface area contributed by atoms with E-state index >= 15 is 0 Å². The maximum Gasteiger partial charge on any atom is 0.110 e. The van der Waals surface area contributed by atoms with Crippen LogP contribution in [-0.4, -0.2) is 14.5 Å². The Labute approximate surface area is 127 Å². The Kier molecular flexibility index (Phi) is 4.33. The first-order valence-corrected chi connectivity index (χ1v) is 7.17. The molecular weight excluding hydrogens is 301 g/mol. The van der Waals surface area contributed by atoms with Crippen LogP contribution in [-0.2, 0) is 13.0 Å². The van der Waals surface area contributed by atoms with Crippen molar-refractivity contribution in [2.45, 2.75) is 26.8 Å². The van der Waals surface area contributed by atoms with Crippen molar-refractivity contribution in [3.8, 4) is 0 Å². The zero-order chi connectivity index (χ0) is 14.2. The highest BCUT2D eigenvalue weighted by Gasteiger charge is 2.14. The number of hydrogen-bond donors (Lipinski definition) is 1. The fraction of sp³-hybridized carbons (Fsp3) is 0.385. The van der Waals surface area contributed by atoms with Gasteiger partial charge in [0, 0.05) is 6.42 Å². The van der Waals surface area contributed by atoms with Crippen LogP contribution in [0.25, 0.3) is 11.0 Å². The Bertz CT molecular complexity index is 634. The monoisotopic (exact) mass is 315 g/mol. The fourth-order valence-corrected chi connectivity index (χ4v) is 2.47. The van der Waals surface area contributed by atoms with Crippen LogP contribution in [0.3, 0.4) is 0 Å². The minimum atomic E-state index is 0.426. The second kappa shape index (κ2) is 5.65. The largest absolute Gasteiger partial charge is 0.392 e. The van der Waals surface area contributed by atoms with Gasteiger partial charge in [0.25, 0.3) is 0 Å². The second-order valence-electron chi connectivity index (χ2n) is 4.93. The summed E-state index contributed by atoms with van der Waals surface area (Å²) in [6.45, 7) is 4.75. The molecule has 1 aromatic carbocycles. The van der Waals surface area contributed by atoms with Crippen LogP contribution in [0.1, 0.15) is 19.7 Å². The zero-order valence-corrected chi connectivity index (χ0v) is 13.1. The van der Waals surface area contributed by atoms with E-state index in [-0.39, 0.29) is 0 Å². The summed E-state index contributed by atoms with van der Waals surface area (Å²) in [5.74, 6) is 1.45. The third kappa shape index (κ3) is 3.19. The molecule has 0 atom stereocenters. The maximum absolute atomic E-state index is 6.07. The number of aromatic nitrogens is 2. The lowest BCUT2D eigenvalue weighted by molar-refractivity contribution is 0.601. The molecule has 2 N–H and O–H groups in total. The number of nitrogens with zero attached hydrogens (tertiary/aromatic N) is 2. The summed E-state index contributed by atoms with van der Waals surface area (Å²) < 4.78 is 2.01. The van der Waals surface area contributed by atoms with E-state index in [0.717, 1.165) is 23.3 Å². The van der Waals surface area contributed by atoms with E-state index in [9.17, 15) is 0 Å². The van der Waals surface area contributed by atoms with Gasteiger partial charge in [0.15, 0.2) is 0 Å². The lowest BCUT2D eigenvalue weighted by Gasteiger charge is -2.09. The van der Waals surface area contributed by atoms with Crippen molar-refractivity contribution in [2.24, 2.45) is 11.7 Å². The molecule has 0 aliphatic carbocycles. The quantitative estimate of drug-likeness (QED) is 0.872. The van der Waals surface area contributed by atoms with Crippen LogP contribution < -0.4 is 5.73 Å². The third-order valence-corrected chi connectivity index (χ3v) is 3.63. The highest BCUT2D eigenvalue weighted by atomic mass is 35.5. The van der Waals surface area contributed by atoms with Crippen LogP contribution in [0.4, 0.5) is 0 Å². The predicted octanol–water partition coefficient (Wildman–Crippen LogP) is 3.83. The van der Waals surface area contributed by atoms with E-state index in [1.807, 2.05) is 10.6 Å². The predicted molar refractivity (Wildman–Crippen MR) is 85.1 cm³/mol. The van der Waals surface area contributed by atoms with Gasteiger partial charge in [-0.15, -0.1) is 0 Å². The summed E-state index contributed by atoms with van der Waals surface area (Å²) >= 11 is 17.1. The van der Waals surface area contributed by atoms with Crippen molar-refractivity contribution in [3.05, 3.63) is 28.0 Å². The van der Waals surface area contributed by atoms with Gasteiger partial charge >= 0.3 is 0 Å². The first kappa shape index (κ1) is 14.6. The Balaban J connectivity index is 2.62. The van der Waals surface area contributed by atoms with Crippen LogP contribution in [0.15, 0.2) is 12.1 Å². The van der Waals surface area contributed by atoms with Crippen molar-refractivity contribution < 1.29 is 0 Å². The van der Waals surface area contributed by atoms with E-state index in [1.54, 1.807) is 6.07 Å². The first-order valence-electron chi connectivity index (χ1n) is 6.01. The van der Waals surface area contributed by atoms with Gasteiger partial charge in [0.1, 0.15) is 5.82 Å². The Morgan fingerprint density at radius 3 is 2.58 bits per heavy atom. The van der Waals surface area contributed by atoms with Crippen molar-refractivity contribution in [1.82, 2.24) is 9.55 Å². The molecule has 19 heavy (non-hydrogen) atoms. The van der Waals surface area contributed by atoms with Crippen LogP contribution in [0, 0.1) is 5.92 Å². The van der Waals surface area contributed by atoms with Crippen LogP contribution >= 0.6 is 35.4 Å². The number of rotatable bonds is 4. The lowest BCUT2D eigenvalue weighted by Crippen LogP contribution is -2.19. The van der Waals surface area contributed by atoms with Crippen molar-refractivity contribution >= 4 is 51.4 Å². The molecule has 0 spiro atoms. The van der Waals surface area contributed by atoms with Crippen molar-refractivity contribution in [3.63, 3.8) is 0 Å². The van der Waals surface area contributed by atoms with Gasteiger partial charge in [-0.05, 0) is 18.1 Å². The third-order valence-electron chi connectivity index (χ3n) is 2.77. The summed E-state index contributed by atoms with van der Waals surface area (Å²) in [5.41, 5.74) is 7.40. The topological polar surface area (TPSA) is 43.8 Å². The molecule has 0 saturated carbocycles. The summed E-state index contributed by atoms with van der Waals surface area (Å²) in [5, 5.41) is 1.01. The highest BCUT2D eigenvalue weighted by Crippen LogP contribution is 2.29. The van der Waals surface area contributed by atoms with E-state index in [0.29, 0.717) is 27.5 Å². The smallest absolute Gasteiger partial charge is 0.110 e. The molecule has 2 aromatic rings. The number of fused-ring (bicyclic) bond motifs is 1. The molecule has 0 radical (unpaired) electrons. The average molecular weight is 316 g/mol. The standard InChI is InChI=1S/C13H15Cl2N3S/c1-7(2)3-13-17-10-4-8(14)9(15)5-11(10)18(13)6-12(16)19/h4-5,7H,3,6H2,1-2H3,(H2,16,19). The van der Waals surface area contributed by atoms with Gasteiger partial charge < -0.3 is 10.3 Å². The normalized spacial score (nSPS) is 11.4. The Morgan fingerprint density at radius 1 is 1.37 bits per heavy atom. The lowest BCUT2D eigenvalue weighted by atomic mass is 10.1. The SMILES string of the molecule is CC(C)Cc1nc2cc(Cl)c(Cl)cc2n1CC(N)=S. The number of imidazole rings is 1. The minimum absolute atomic E-state index is 0.426. The molecule has 0 unspecified atom stereocenters. The van der Waals surface area contributed by atoms with Gasteiger partial charge in [-0.2, -0.15) is 0 Å². The Hall–Kier alpha value is -0.840. The summed E-state index contributed by atoms with van der Waals surface area (Å²) in [6, 6.07) is 3.59. The molecule has 3 nitrogen and oxygen atoms in total. The van der Waals surface area contributed by atoms with Gasteiger partial charge in [0.05, 0.1) is 32.6 Å². The molecule has 0 fully saturated rings. The van der Waals surface area contributed by atoms with E-state index in [1.165, 1.54) is 0 Å². The van der Waals surface area contributed by atoms with Crippen molar-refractivity contribution in [2.75, 3.05) is 0 Å². The average Bonchev–Trinajstić information content (AvgIpc) is 2.56. The van der Waals surface area contributed by atoms with Crippen molar-refractivity contribution in [1.29, 1.82) is 0 Å². The molecule has 0 bridgehead atoms. The molecule has 1 aromatic heterocycles. The molecule has 6 heteroatoms. The highest BCUT2D eigenvalue weighted by molar-refractivity contribution is 7.80. The number of halogens is 2. The number of nitrogens with two attached hydrogens (primary N) is 1. The van der Waals surface area contributed by atoms with Gasteiger partial charge in [0.2, 0.25) is 0 Å². The van der Waals surface area contributed by atoms with E-state index in [4.69, 9.17) is 41.2 Å². The molecule has 102 valence electrons. The van der Waals surface area contributed by atoms with E-state index in [2.05, 4.69) is 18.8 Å². The molecule has 2 rings (SSSR count). The number of hydrogen-bond acceptors (Lipinski definition) is 2. The first-order chi connectivity index (χ1) is 8.88. The molecule has 0 saturated heterocycles. The molecule has 0 aliphatic heterocycles. The van der Waals surface area contributed by atoms with Gasteiger partial charge in [-0.25, -0.2) is 4.98 Å². The number of benzene rings is 1. The maximum atomic E-state index is 6.07. The minimum Gasteiger partial charge on any atom is -0.392 e. The molecular formula is C13H15Cl2N3S. The summed E-state index contributed by atoms with van der Waals surface area (Å²) in [6.07, 6.45) is 0.854. The zero-order valence-electron chi connectivity index (χ0n) is 10.8. The summed E-state index contributed by atoms with van der Waals surface area (Å²) in [7, 11) is 0. The molecule has 1 heterocycles. The molecule has 0 aliphatic rings. The molecule has 0 amide bonds.